The predicted molar refractivity (Wildman–Crippen MR) is 287 cm³/mol. The number of hydrogen-bond acceptors (Lipinski definition) is 4. The van der Waals surface area contributed by atoms with Crippen molar-refractivity contribution in [2.24, 2.45) is 0 Å². The van der Waals surface area contributed by atoms with E-state index in [1.165, 1.54) is 107 Å². The summed E-state index contributed by atoms with van der Waals surface area (Å²) in [6.45, 7) is 6.88. The van der Waals surface area contributed by atoms with Gasteiger partial charge >= 0.3 is 6.85 Å². The van der Waals surface area contributed by atoms with Crippen molar-refractivity contribution in [3.8, 4) is 22.3 Å². The molecule has 0 saturated heterocycles. The predicted octanol–water partition coefficient (Wildman–Crippen LogP) is 16.2. The number of benzene rings is 9. The first-order chi connectivity index (χ1) is 32.4. The molecule has 0 unspecified atom stereocenters. The van der Waals surface area contributed by atoms with Crippen LogP contribution in [0.4, 0.5) is 34.1 Å². The number of anilines is 6. The molecule has 5 heterocycles. The molecule has 0 N–H and O–H groups in total. The fraction of sp³-hybridized carbons (Fsp3) is 0.0667. The Kier molecular flexibility index (Phi) is 8.09. The normalized spacial score (nSPS) is 13.0. The molecule has 66 heavy (non-hydrogen) atoms. The summed E-state index contributed by atoms with van der Waals surface area (Å²) in [5, 5.41) is 6.63. The Balaban J connectivity index is 1.17. The maximum absolute atomic E-state index is 2.74. The third kappa shape index (κ3) is 5.43. The first-order valence-corrected chi connectivity index (χ1v) is 24.5. The van der Waals surface area contributed by atoms with E-state index in [1.807, 2.05) is 22.7 Å². The highest BCUT2D eigenvalue weighted by Crippen LogP contribution is 2.53. The average molecular weight is 880 g/mol. The van der Waals surface area contributed by atoms with E-state index in [0.29, 0.717) is 0 Å². The Hall–Kier alpha value is -7.38. The van der Waals surface area contributed by atoms with Crippen LogP contribution >= 0.6 is 22.7 Å². The number of fused-ring (bicyclic) bond motifs is 12. The van der Waals surface area contributed by atoms with Crippen molar-refractivity contribution in [1.29, 1.82) is 0 Å². The number of nitrogens with zero attached hydrogens (tertiary/aromatic N) is 3. The molecule has 0 saturated carbocycles. The van der Waals surface area contributed by atoms with Crippen molar-refractivity contribution in [3.05, 3.63) is 206 Å². The van der Waals surface area contributed by atoms with E-state index in [0.717, 1.165) is 17.1 Å². The summed E-state index contributed by atoms with van der Waals surface area (Å²) >= 11 is 3.83. The molecule has 0 aliphatic carbocycles. The lowest BCUT2D eigenvalue weighted by Crippen LogP contribution is -2.56. The van der Waals surface area contributed by atoms with Gasteiger partial charge in [-0.05, 0) is 99.8 Å². The third-order valence-corrected chi connectivity index (χ3v) is 16.4. The molecule has 3 nitrogen and oxygen atoms in total. The monoisotopic (exact) mass is 879 g/mol. The summed E-state index contributed by atoms with van der Waals surface area (Å²) in [5.41, 5.74) is 17.1. The van der Waals surface area contributed by atoms with E-state index in [1.54, 1.807) is 0 Å². The first-order valence-electron chi connectivity index (χ1n) is 22.9. The van der Waals surface area contributed by atoms with Crippen molar-refractivity contribution in [1.82, 2.24) is 4.48 Å². The lowest BCUT2D eigenvalue weighted by Gasteiger charge is -2.42. The van der Waals surface area contributed by atoms with E-state index >= 15 is 0 Å². The molecule has 0 atom stereocenters. The number of para-hydroxylation sites is 3. The average Bonchev–Trinajstić information content (AvgIpc) is 4.02. The van der Waals surface area contributed by atoms with Crippen molar-refractivity contribution in [3.63, 3.8) is 0 Å². The lowest BCUT2D eigenvalue weighted by molar-refractivity contribution is 0.590. The van der Waals surface area contributed by atoms with Crippen molar-refractivity contribution < 1.29 is 0 Å². The van der Waals surface area contributed by atoms with Gasteiger partial charge < -0.3 is 14.3 Å². The maximum atomic E-state index is 2.74. The van der Waals surface area contributed by atoms with Crippen LogP contribution in [0.1, 0.15) is 26.3 Å². The van der Waals surface area contributed by atoms with E-state index < -0.39 is 0 Å². The Bertz CT molecular complexity index is 3900. The molecule has 2 aliphatic rings. The van der Waals surface area contributed by atoms with Gasteiger partial charge in [0, 0.05) is 86.1 Å². The summed E-state index contributed by atoms with van der Waals surface area (Å²) in [7, 11) is 0. The van der Waals surface area contributed by atoms with Gasteiger partial charge in [0.25, 0.3) is 0 Å². The van der Waals surface area contributed by atoms with Crippen molar-refractivity contribution in [2.45, 2.75) is 26.2 Å². The van der Waals surface area contributed by atoms with Crippen LogP contribution in [0.3, 0.4) is 0 Å². The Morgan fingerprint density at radius 1 is 0.455 bits per heavy atom. The molecule has 0 fully saturated rings. The van der Waals surface area contributed by atoms with Crippen LogP contribution in [0.15, 0.2) is 200 Å². The van der Waals surface area contributed by atoms with Crippen molar-refractivity contribution >= 4 is 126 Å². The van der Waals surface area contributed by atoms with Crippen LogP contribution in [0.5, 0.6) is 0 Å². The second-order valence-corrected chi connectivity index (χ2v) is 21.0. The standard InChI is InChI=1S/C60H42BN3S2/c1-60(2,3)38-30-31-50(46(32-38)37-18-7-4-8-19-37)63-51-36-55-47(42-24-13-15-28-53(42)65-55)35-49(51)61-57-48(33-41(34-52(57)63)62(39-20-9-5-10-21-39)40-22-11-6-12-23-40)43-26-17-27-45-56-44-25-14-16-29-54(44)66-59(56)64(61)58(43)45/h4-36H,1-3H3. The van der Waals surface area contributed by atoms with Crippen LogP contribution in [-0.4, -0.2) is 11.3 Å². The molecule has 14 rings (SSSR count). The molecule has 0 bridgehead atoms. The number of thiophene rings is 2. The minimum absolute atomic E-state index is 0.0414. The van der Waals surface area contributed by atoms with Crippen LogP contribution in [-0.2, 0) is 5.41 Å². The van der Waals surface area contributed by atoms with Gasteiger partial charge in [-0.1, -0.05) is 154 Å². The van der Waals surface area contributed by atoms with Gasteiger partial charge in [-0.2, -0.15) is 0 Å². The molecule has 9 aromatic carbocycles. The molecule has 6 heteroatoms. The summed E-state index contributed by atoms with van der Waals surface area (Å²) in [6, 6.07) is 75.0. The van der Waals surface area contributed by atoms with Crippen LogP contribution < -0.4 is 20.7 Å². The molecule has 0 radical (unpaired) electrons. The molecular formula is C60H42BN3S2. The Morgan fingerprint density at radius 3 is 1.83 bits per heavy atom. The number of hydrogen-bond donors (Lipinski definition) is 0. The van der Waals surface area contributed by atoms with E-state index in [4.69, 9.17) is 0 Å². The number of rotatable bonds is 5. The summed E-state index contributed by atoms with van der Waals surface area (Å²) < 4.78 is 6.67. The SMILES string of the molecule is CC(C)(C)c1ccc(N2c3cc4sc5ccccc5c4cc3B3c4c(cc(N(c5ccccc5)c5ccccc5)cc42)-c2cccc4c5c6ccccc6sc5n3c24)c(-c2ccccc2)c1. The van der Waals surface area contributed by atoms with Gasteiger partial charge in [0.2, 0.25) is 0 Å². The molecule has 3 aromatic heterocycles. The Morgan fingerprint density at radius 2 is 1.11 bits per heavy atom. The molecular weight excluding hydrogens is 838 g/mol. The second-order valence-electron chi connectivity index (χ2n) is 18.9. The zero-order chi connectivity index (χ0) is 43.8. The van der Waals surface area contributed by atoms with Crippen LogP contribution in [0.2, 0.25) is 0 Å². The van der Waals surface area contributed by atoms with Crippen LogP contribution in [0, 0.1) is 0 Å². The van der Waals surface area contributed by atoms with Crippen molar-refractivity contribution in [2.75, 3.05) is 9.80 Å². The summed E-state index contributed by atoms with van der Waals surface area (Å²) in [5.74, 6) is 0. The third-order valence-electron chi connectivity index (χ3n) is 14.1. The maximum Gasteiger partial charge on any atom is 0.333 e. The van der Waals surface area contributed by atoms with Gasteiger partial charge in [0.05, 0.1) is 10.5 Å². The zero-order valence-corrected chi connectivity index (χ0v) is 38.4. The fourth-order valence-corrected chi connectivity index (χ4v) is 13.5. The molecule has 2 aliphatic heterocycles. The molecule has 312 valence electrons. The van der Waals surface area contributed by atoms with E-state index in [-0.39, 0.29) is 12.3 Å². The highest BCUT2D eigenvalue weighted by atomic mass is 32.1. The highest BCUT2D eigenvalue weighted by molar-refractivity contribution is 7.26. The number of aromatic nitrogens is 1. The zero-order valence-electron chi connectivity index (χ0n) is 36.8. The minimum Gasteiger partial charge on any atom is -0.367 e. The van der Waals surface area contributed by atoms with Gasteiger partial charge in [-0.25, -0.2) is 0 Å². The topological polar surface area (TPSA) is 11.4 Å². The van der Waals surface area contributed by atoms with E-state index in [9.17, 15) is 0 Å². The minimum atomic E-state index is -0.0859. The van der Waals surface area contributed by atoms with Gasteiger partial charge in [-0.3, -0.25) is 0 Å². The molecule has 12 aromatic rings. The van der Waals surface area contributed by atoms with Gasteiger partial charge in [0.1, 0.15) is 0 Å². The largest absolute Gasteiger partial charge is 0.367 e. The van der Waals surface area contributed by atoms with E-state index in [2.05, 4.69) is 235 Å². The lowest BCUT2D eigenvalue weighted by atomic mass is 9.45. The quantitative estimate of drug-likeness (QED) is 0.160. The first kappa shape index (κ1) is 37.9. The van der Waals surface area contributed by atoms with Crippen LogP contribution in [0.25, 0.3) is 73.6 Å². The fourth-order valence-electron chi connectivity index (χ4n) is 11.1. The summed E-state index contributed by atoms with van der Waals surface area (Å²) in [4.78, 5) is 6.40. The second kappa shape index (κ2) is 14.1. The smallest absolute Gasteiger partial charge is 0.333 e. The summed E-state index contributed by atoms with van der Waals surface area (Å²) in [6.07, 6.45) is 0. The molecule has 0 amide bonds. The highest BCUT2D eigenvalue weighted by Gasteiger charge is 2.44. The van der Waals surface area contributed by atoms with Gasteiger partial charge in [-0.15, -0.1) is 22.7 Å². The Labute approximate surface area is 392 Å². The molecule has 0 spiro atoms. The van der Waals surface area contributed by atoms with Gasteiger partial charge in [0.15, 0.2) is 0 Å².